The van der Waals surface area contributed by atoms with E-state index < -0.39 is 5.56 Å². The number of aromatic nitrogens is 2. The third-order valence-corrected chi connectivity index (χ3v) is 2.53. The number of hydrogen-bond donors (Lipinski definition) is 2. The first kappa shape index (κ1) is 9.97. The minimum atomic E-state index is -0.452. The highest BCUT2D eigenvalue weighted by molar-refractivity contribution is 9.10. The summed E-state index contributed by atoms with van der Waals surface area (Å²) in [5.41, 5.74) is -0.452. The fourth-order valence-corrected chi connectivity index (χ4v) is 1.31. The third-order valence-electron chi connectivity index (χ3n) is 1.82. The van der Waals surface area contributed by atoms with E-state index in [9.17, 15) is 9.90 Å². The molecule has 0 spiro atoms. The number of nitrogens with one attached hydrogen (secondary N) is 1. The molecule has 0 unspecified atom stereocenters. The predicted molar refractivity (Wildman–Crippen MR) is 56.7 cm³/mol. The number of aromatic hydroxyl groups is 1. The van der Waals surface area contributed by atoms with Gasteiger partial charge in [0.25, 0.3) is 5.56 Å². The number of aryl methyl sites for hydroxylation is 1. The quantitative estimate of drug-likeness (QED) is 0.828. The first-order valence-electron chi connectivity index (χ1n) is 4.13. The molecule has 0 bridgehead atoms. The smallest absolute Gasteiger partial charge is 0.269 e. The van der Waals surface area contributed by atoms with Gasteiger partial charge >= 0.3 is 0 Å². The standard InChI is InChI=1S/C9H7BrN2O3/c1-4-2-3-5(15-4)7-11-8(13)6(10)9(14)12-7/h2-3H,1H3,(H2,11,12,13,14). The zero-order valence-corrected chi connectivity index (χ0v) is 9.33. The van der Waals surface area contributed by atoms with Crippen LogP contribution in [0, 0.1) is 6.92 Å². The average molecular weight is 271 g/mol. The van der Waals surface area contributed by atoms with E-state index in [0.29, 0.717) is 11.5 Å². The SMILES string of the molecule is Cc1ccc(-c2nc(O)c(Br)c(=O)[nH]2)o1. The second-order valence-corrected chi connectivity index (χ2v) is 3.76. The van der Waals surface area contributed by atoms with Crippen molar-refractivity contribution in [2.75, 3.05) is 0 Å². The van der Waals surface area contributed by atoms with Gasteiger partial charge in [0.05, 0.1) is 0 Å². The van der Waals surface area contributed by atoms with Crippen molar-refractivity contribution < 1.29 is 9.52 Å². The molecule has 0 saturated heterocycles. The lowest BCUT2D eigenvalue weighted by Gasteiger charge is -1.98. The minimum absolute atomic E-state index is 0.00882. The van der Waals surface area contributed by atoms with Crippen LogP contribution < -0.4 is 5.56 Å². The summed E-state index contributed by atoms with van der Waals surface area (Å²) in [4.78, 5) is 17.6. The van der Waals surface area contributed by atoms with Gasteiger partial charge in [0.2, 0.25) is 5.88 Å². The highest BCUT2D eigenvalue weighted by Crippen LogP contribution is 2.21. The Labute approximate surface area is 92.9 Å². The van der Waals surface area contributed by atoms with Crippen LogP contribution >= 0.6 is 15.9 Å². The molecule has 78 valence electrons. The molecule has 2 aromatic heterocycles. The van der Waals surface area contributed by atoms with Crippen LogP contribution in [0.4, 0.5) is 0 Å². The van der Waals surface area contributed by atoms with Crippen LogP contribution in [0.2, 0.25) is 0 Å². The normalized spacial score (nSPS) is 10.5. The van der Waals surface area contributed by atoms with E-state index in [2.05, 4.69) is 25.9 Å². The lowest BCUT2D eigenvalue weighted by molar-refractivity contribution is 0.446. The minimum Gasteiger partial charge on any atom is -0.492 e. The second-order valence-electron chi connectivity index (χ2n) is 2.96. The second kappa shape index (κ2) is 3.54. The summed E-state index contributed by atoms with van der Waals surface area (Å²) in [6, 6.07) is 3.41. The van der Waals surface area contributed by atoms with Crippen LogP contribution in [0.3, 0.4) is 0 Å². The van der Waals surface area contributed by atoms with Gasteiger partial charge in [-0.25, -0.2) is 0 Å². The zero-order valence-electron chi connectivity index (χ0n) is 7.74. The molecule has 2 rings (SSSR count). The van der Waals surface area contributed by atoms with Gasteiger partial charge in [0, 0.05) is 0 Å². The lowest BCUT2D eigenvalue weighted by atomic mass is 10.4. The Morgan fingerprint density at radius 1 is 1.53 bits per heavy atom. The first-order chi connectivity index (χ1) is 7.08. The fraction of sp³-hybridized carbons (Fsp3) is 0.111. The van der Waals surface area contributed by atoms with Gasteiger partial charge in [-0.3, -0.25) is 4.79 Å². The van der Waals surface area contributed by atoms with Crippen LogP contribution in [-0.2, 0) is 0 Å². The Bertz CT molecular complexity index is 559. The van der Waals surface area contributed by atoms with E-state index in [4.69, 9.17) is 4.42 Å². The highest BCUT2D eigenvalue weighted by atomic mass is 79.9. The van der Waals surface area contributed by atoms with Gasteiger partial charge in [-0.1, -0.05) is 0 Å². The molecule has 15 heavy (non-hydrogen) atoms. The largest absolute Gasteiger partial charge is 0.492 e. The van der Waals surface area contributed by atoms with Crippen LogP contribution in [0.15, 0.2) is 25.8 Å². The summed E-state index contributed by atoms with van der Waals surface area (Å²) in [5.74, 6) is 0.957. The Balaban J connectivity index is 2.60. The van der Waals surface area contributed by atoms with E-state index in [1.54, 1.807) is 19.1 Å². The van der Waals surface area contributed by atoms with Crippen molar-refractivity contribution in [1.29, 1.82) is 0 Å². The Kier molecular flexibility index (Phi) is 2.36. The van der Waals surface area contributed by atoms with Crippen molar-refractivity contribution in [1.82, 2.24) is 9.97 Å². The Morgan fingerprint density at radius 2 is 2.27 bits per heavy atom. The van der Waals surface area contributed by atoms with Crippen molar-refractivity contribution in [3.05, 3.63) is 32.7 Å². The van der Waals surface area contributed by atoms with E-state index in [1.807, 2.05) is 0 Å². The third kappa shape index (κ3) is 1.80. The zero-order chi connectivity index (χ0) is 11.0. The Morgan fingerprint density at radius 3 is 2.80 bits per heavy atom. The lowest BCUT2D eigenvalue weighted by Crippen LogP contribution is -2.09. The highest BCUT2D eigenvalue weighted by Gasteiger charge is 2.11. The number of hydrogen-bond acceptors (Lipinski definition) is 4. The average Bonchev–Trinajstić information content (AvgIpc) is 2.60. The number of rotatable bonds is 1. The van der Waals surface area contributed by atoms with Gasteiger partial charge in [-0.2, -0.15) is 4.98 Å². The van der Waals surface area contributed by atoms with Crippen molar-refractivity contribution >= 4 is 15.9 Å². The molecule has 0 aliphatic rings. The maximum atomic E-state index is 11.3. The summed E-state index contributed by atoms with van der Waals surface area (Å²) in [7, 11) is 0. The van der Waals surface area contributed by atoms with E-state index in [1.165, 1.54) is 0 Å². The molecule has 0 radical (unpaired) electrons. The monoisotopic (exact) mass is 270 g/mol. The number of H-pyrrole nitrogens is 1. The number of nitrogens with zero attached hydrogens (tertiary/aromatic N) is 1. The van der Waals surface area contributed by atoms with Crippen molar-refractivity contribution in [2.24, 2.45) is 0 Å². The summed E-state index contributed by atoms with van der Waals surface area (Å²) in [6.07, 6.45) is 0. The molecule has 0 fully saturated rings. The van der Waals surface area contributed by atoms with Crippen LogP contribution in [-0.4, -0.2) is 15.1 Å². The van der Waals surface area contributed by atoms with Gasteiger partial charge in [-0.15, -0.1) is 0 Å². The molecule has 0 aliphatic heterocycles. The Hall–Kier alpha value is -1.56. The molecule has 0 amide bonds. The van der Waals surface area contributed by atoms with E-state index in [0.717, 1.165) is 0 Å². The van der Waals surface area contributed by atoms with Crippen molar-refractivity contribution in [3.8, 4) is 17.5 Å². The van der Waals surface area contributed by atoms with Gasteiger partial charge in [0.1, 0.15) is 10.2 Å². The molecule has 2 aromatic rings. The molecule has 2 heterocycles. The van der Waals surface area contributed by atoms with Crippen LogP contribution in [0.1, 0.15) is 5.76 Å². The van der Waals surface area contributed by atoms with E-state index in [-0.39, 0.29) is 16.2 Å². The maximum Gasteiger partial charge on any atom is 0.269 e. The van der Waals surface area contributed by atoms with Crippen molar-refractivity contribution in [2.45, 2.75) is 6.92 Å². The number of furan rings is 1. The molecule has 2 N–H and O–H groups in total. The van der Waals surface area contributed by atoms with Crippen LogP contribution in [0.25, 0.3) is 11.6 Å². The van der Waals surface area contributed by atoms with Gasteiger partial charge in [-0.05, 0) is 35.0 Å². The van der Waals surface area contributed by atoms with E-state index >= 15 is 0 Å². The topological polar surface area (TPSA) is 79.1 Å². The summed E-state index contributed by atoms with van der Waals surface area (Å²) in [6.45, 7) is 1.78. The number of aromatic amines is 1. The molecule has 6 heteroatoms. The predicted octanol–water partition coefficient (Wildman–Crippen LogP) is 1.81. The molecule has 5 nitrogen and oxygen atoms in total. The number of halogens is 1. The van der Waals surface area contributed by atoms with Gasteiger partial charge < -0.3 is 14.5 Å². The molecular weight excluding hydrogens is 264 g/mol. The molecular formula is C9H7BrN2O3. The summed E-state index contributed by atoms with van der Waals surface area (Å²) in [5, 5.41) is 9.33. The summed E-state index contributed by atoms with van der Waals surface area (Å²) >= 11 is 2.90. The summed E-state index contributed by atoms with van der Waals surface area (Å²) < 4.78 is 5.27. The fourth-order valence-electron chi connectivity index (χ4n) is 1.13. The molecule has 0 aliphatic carbocycles. The van der Waals surface area contributed by atoms with Crippen molar-refractivity contribution in [3.63, 3.8) is 0 Å². The van der Waals surface area contributed by atoms with Crippen LogP contribution in [0.5, 0.6) is 5.88 Å². The molecule has 0 aromatic carbocycles. The van der Waals surface area contributed by atoms with Gasteiger partial charge in [0.15, 0.2) is 11.6 Å². The molecule has 0 saturated carbocycles. The molecule has 0 atom stereocenters. The first-order valence-corrected chi connectivity index (χ1v) is 4.93. The maximum absolute atomic E-state index is 11.3.